The van der Waals surface area contributed by atoms with Gasteiger partial charge in [0.2, 0.25) is 0 Å². The van der Waals surface area contributed by atoms with Crippen LogP contribution >= 0.6 is 0 Å². The van der Waals surface area contributed by atoms with Crippen LogP contribution in [0, 0.1) is 0 Å². The zero-order valence-electron chi connectivity index (χ0n) is 19.6. The molecule has 0 spiro atoms. The van der Waals surface area contributed by atoms with Gasteiger partial charge in [-0.25, -0.2) is 0 Å². The average Bonchev–Trinajstić information content (AvgIpc) is 2.86. The van der Waals surface area contributed by atoms with Crippen molar-refractivity contribution in [1.29, 1.82) is 0 Å². The largest absolute Gasteiger partial charge is 0.489 e. The van der Waals surface area contributed by atoms with Crippen LogP contribution in [0.15, 0.2) is 78.9 Å². The van der Waals surface area contributed by atoms with Crippen molar-refractivity contribution in [3.63, 3.8) is 0 Å². The SMILES string of the molecule is CC1CN(Cc2cccc(CNC(=O)COc3ccc(OCc4ccccc4)cc3)c2)CCO1. The van der Waals surface area contributed by atoms with Gasteiger partial charge in [0.05, 0.1) is 12.7 Å². The zero-order chi connectivity index (χ0) is 23.6. The molecule has 1 aliphatic rings. The molecular weight excluding hydrogens is 428 g/mol. The zero-order valence-corrected chi connectivity index (χ0v) is 19.6. The van der Waals surface area contributed by atoms with Gasteiger partial charge in [-0.2, -0.15) is 0 Å². The fraction of sp³-hybridized carbons (Fsp3) is 0.321. The van der Waals surface area contributed by atoms with Gasteiger partial charge in [-0.15, -0.1) is 0 Å². The lowest BCUT2D eigenvalue weighted by Gasteiger charge is -2.31. The molecule has 0 aromatic heterocycles. The molecule has 0 radical (unpaired) electrons. The lowest BCUT2D eigenvalue weighted by atomic mass is 10.1. The van der Waals surface area contributed by atoms with Crippen molar-refractivity contribution in [3.05, 3.63) is 95.6 Å². The summed E-state index contributed by atoms with van der Waals surface area (Å²) in [6.45, 7) is 6.62. The molecule has 178 valence electrons. The molecule has 0 bridgehead atoms. The Morgan fingerprint density at radius 3 is 2.41 bits per heavy atom. The number of morpholine rings is 1. The van der Waals surface area contributed by atoms with E-state index in [1.165, 1.54) is 5.56 Å². The number of nitrogens with zero attached hydrogens (tertiary/aromatic N) is 1. The smallest absolute Gasteiger partial charge is 0.258 e. The summed E-state index contributed by atoms with van der Waals surface area (Å²) in [5, 5.41) is 2.93. The molecule has 34 heavy (non-hydrogen) atoms. The van der Waals surface area contributed by atoms with Gasteiger partial charge < -0.3 is 19.5 Å². The second-order valence-corrected chi connectivity index (χ2v) is 8.55. The standard InChI is InChI=1S/C28H32N2O4/c1-22-18-30(14-15-32-22)19-25-9-5-8-24(16-25)17-29-28(31)21-34-27-12-10-26(11-13-27)33-20-23-6-3-2-4-7-23/h2-13,16,22H,14-15,17-21H2,1H3,(H,29,31). The van der Waals surface area contributed by atoms with Gasteiger partial charge >= 0.3 is 0 Å². The molecule has 1 aliphatic heterocycles. The maximum Gasteiger partial charge on any atom is 0.258 e. The maximum atomic E-state index is 12.3. The molecule has 1 unspecified atom stereocenters. The predicted molar refractivity (Wildman–Crippen MR) is 132 cm³/mol. The van der Waals surface area contributed by atoms with E-state index >= 15 is 0 Å². The number of benzene rings is 3. The highest BCUT2D eigenvalue weighted by molar-refractivity contribution is 5.77. The molecule has 1 atom stereocenters. The third kappa shape index (κ3) is 7.61. The van der Waals surface area contributed by atoms with Gasteiger partial charge in [0, 0.05) is 26.2 Å². The summed E-state index contributed by atoms with van der Waals surface area (Å²) in [4.78, 5) is 14.7. The lowest BCUT2D eigenvalue weighted by Crippen LogP contribution is -2.40. The first kappa shape index (κ1) is 23.8. The summed E-state index contributed by atoms with van der Waals surface area (Å²) in [6.07, 6.45) is 0.272. The summed E-state index contributed by atoms with van der Waals surface area (Å²) in [5.41, 5.74) is 3.43. The molecule has 0 aliphatic carbocycles. The molecule has 1 heterocycles. The molecule has 3 aromatic carbocycles. The van der Waals surface area contributed by atoms with E-state index in [1.807, 2.05) is 66.7 Å². The van der Waals surface area contributed by atoms with E-state index < -0.39 is 0 Å². The molecule has 0 saturated carbocycles. The number of nitrogens with one attached hydrogen (secondary N) is 1. The predicted octanol–water partition coefficient (Wildman–Crippen LogP) is 4.18. The number of rotatable bonds is 10. The Balaban J connectivity index is 1.18. The van der Waals surface area contributed by atoms with Crippen molar-refractivity contribution in [2.24, 2.45) is 0 Å². The molecule has 1 fully saturated rings. The minimum atomic E-state index is -0.156. The molecule has 6 heteroatoms. The lowest BCUT2D eigenvalue weighted by molar-refractivity contribution is -0.123. The number of hydrogen-bond acceptors (Lipinski definition) is 5. The molecule has 1 saturated heterocycles. The van der Waals surface area contributed by atoms with Crippen LogP contribution in [-0.2, 0) is 29.2 Å². The second kappa shape index (κ2) is 12.2. The topological polar surface area (TPSA) is 60.0 Å². The van der Waals surface area contributed by atoms with E-state index in [4.69, 9.17) is 14.2 Å². The highest BCUT2D eigenvalue weighted by Gasteiger charge is 2.16. The monoisotopic (exact) mass is 460 g/mol. The van der Waals surface area contributed by atoms with E-state index in [1.54, 1.807) is 0 Å². The second-order valence-electron chi connectivity index (χ2n) is 8.55. The van der Waals surface area contributed by atoms with Crippen LogP contribution < -0.4 is 14.8 Å². The fourth-order valence-corrected chi connectivity index (χ4v) is 3.90. The number of ether oxygens (including phenoxy) is 3. The van der Waals surface area contributed by atoms with E-state index in [2.05, 4.69) is 29.3 Å². The molecule has 3 aromatic rings. The minimum Gasteiger partial charge on any atom is -0.489 e. The Morgan fingerprint density at radius 2 is 1.65 bits per heavy atom. The van der Waals surface area contributed by atoms with Crippen molar-refractivity contribution in [1.82, 2.24) is 10.2 Å². The maximum absolute atomic E-state index is 12.3. The summed E-state index contributed by atoms with van der Waals surface area (Å²) >= 11 is 0. The van der Waals surface area contributed by atoms with Crippen molar-refractivity contribution in [3.8, 4) is 11.5 Å². The van der Waals surface area contributed by atoms with Gasteiger partial charge in [0.1, 0.15) is 18.1 Å². The summed E-state index contributed by atoms with van der Waals surface area (Å²) in [5.74, 6) is 1.23. The first-order valence-electron chi connectivity index (χ1n) is 11.7. The van der Waals surface area contributed by atoms with Crippen LogP contribution in [0.2, 0.25) is 0 Å². The van der Waals surface area contributed by atoms with E-state index in [9.17, 15) is 4.79 Å². The van der Waals surface area contributed by atoms with Gasteiger partial charge in [0.25, 0.3) is 5.91 Å². The molecular formula is C28H32N2O4. The average molecular weight is 461 g/mol. The Bertz CT molecular complexity index is 1040. The fourth-order valence-electron chi connectivity index (χ4n) is 3.90. The van der Waals surface area contributed by atoms with Gasteiger partial charge in [0.15, 0.2) is 6.61 Å². The minimum absolute atomic E-state index is 0.0322. The number of carbonyl (C=O) groups excluding carboxylic acids is 1. The van der Waals surface area contributed by atoms with Crippen molar-refractivity contribution in [2.45, 2.75) is 32.7 Å². The van der Waals surface area contributed by atoms with Crippen LogP contribution in [0.4, 0.5) is 0 Å². The van der Waals surface area contributed by atoms with E-state index in [0.717, 1.165) is 43.1 Å². The highest BCUT2D eigenvalue weighted by atomic mass is 16.5. The summed E-state index contributed by atoms with van der Waals surface area (Å²) in [6, 6.07) is 25.7. The third-order valence-corrected chi connectivity index (χ3v) is 5.65. The van der Waals surface area contributed by atoms with Crippen LogP contribution in [-0.4, -0.2) is 43.2 Å². The Hall–Kier alpha value is -3.35. The Labute approximate surface area is 201 Å². The van der Waals surface area contributed by atoms with Crippen molar-refractivity contribution in [2.75, 3.05) is 26.3 Å². The normalized spacial score (nSPS) is 16.1. The molecule has 4 rings (SSSR count). The Morgan fingerprint density at radius 1 is 0.941 bits per heavy atom. The van der Waals surface area contributed by atoms with Crippen LogP contribution in [0.25, 0.3) is 0 Å². The van der Waals surface area contributed by atoms with Crippen LogP contribution in [0.3, 0.4) is 0 Å². The molecule has 1 amide bonds. The third-order valence-electron chi connectivity index (χ3n) is 5.65. The van der Waals surface area contributed by atoms with Crippen LogP contribution in [0.1, 0.15) is 23.6 Å². The first-order chi connectivity index (χ1) is 16.6. The summed E-state index contributed by atoms with van der Waals surface area (Å²) in [7, 11) is 0. The van der Waals surface area contributed by atoms with Crippen molar-refractivity contribution < 1.29 is 19.0 Å². The van der Waals surface area contributed by atoms with E-state index in [0.29, 0.717) is 18.9 Å². The molecule has 6 nitrogen and oxygen atoms in total. The number of carbonyl (C=O) groups is 1. The van der Waals surface area contributed by atoms with Crippen molar-refractivity contribution >= 4 is 5.91 Å². The number of amides is 1. The first-order valence-corrected chi connectivity index (χ1v) is 11.7. The summed E-state index contributed by atoms with van der Waals surface area (Å²) < 4.78 is 17.0. The van der Waals surface area contributed by atoms with Gasteiger partial charge in [-0.05, 0) is 47.9 Å². The van der Waals surface area contributed by atoms with E-state index in [-0.39, 0.29) is 18.6 Å². The van der Waals surface area contributed by atoms with Crippen LogP contribution in [0.5, 0.6) is 11.5 Å². The number of hydrogen-bond donors (Lipinski definition) is 1. The quantitative estimate of drug-likeness (QED) is 0.492. The highest BCUT2D eigenvalue weighted by Crippen LogP contribution is 2.19. The van der Waals surface area contributed by atoms with Gasteiger partial charge in [-0.1, -0.05) is 54.6 Å². The molecule has 1 N–H and O–H groups in total. The Kier molecular flexibility index (Phi) is 8.54. The van der Waals surface area contributed by atoms with Gasteiger partial charge in [-0.3, -0.25) is 9.69 Å².